The Labute approximate surface area is 121 Å². The van der Waals surface area contributed by atoms with E-state index < -0.39 is 0 Å². The molecule has 2 aromatic heterocycles. The van der Waals surface area contributed by atoms with Crippen LogP contribution in [-0.4, -0.2) is 27.9 Å². The van der Waals surface area contributed by atoms with Crippen molar-refractivity contribution in [1.82, 2.24) is 9.88 Å². The van der Waals surface area contributed by atoms with Crippen molar-refractivity contribution in [2.45, 2.75) is 6.54 Å². The van der Waals surface area contributed by atoms with Gasteiger partial charge in [-0.05, 0) is 24.3 Å². The highest BCUT2D eigenvalue weighted by molar-refractivity contribution is 6.02. The first-order valence-electron chi connectivity index (χ1n) is 6.51. The van der Waals surface area contributed by atoms with Gasteiger partial charge in [0.05, 0.1) is 18.4 Å². The molecular weight excluding hydrogens is 268 g/mol. The molecule has 0 unspecified atom stereocenters. The van der Waals surface area contributed by atoms with Crippen LogP contribution < -0.4 is 0 Å². The van der Waals surface area contributed by atoms with Crippen LogP contribution in [0.25, 0.3) is 10.9 Å². The molecule has 2 heterocycles. The summed E-state index contributed by atoms with van der Waals surface area (Å²) >= 11 is 0. The van der Waals surface area contributed by atoms with Crippen molar-refractivity contribution >= 4 is 16.8 Å². The molecule has 0 aliphatic rings. The van der Waals surface area contributed by atoms with Crippen LogP contribution in [0.15, 0.2) is 53.3 Å². The predicted octanol–water partition coefficient (Wildman–Crippen LogP) is 2.81. The number of carbonyl (C=O) groups is 1. The number of hydrogen-bond donors (Lipinski definition) is 1. The third-order valence-electron chi connectivity index (χ3n) is 3.30. The molecule has 1 amide bonds. The average molecular weight is 282 g/mol. The molecule has 0 spiro atoms. The van der Waals surface area contributed by atoms with Gasteiger partial charge in [0.15, 0.2) is 5.75 Å². The van der Waals surface area contributed by atoms with E-state index >= 15 is 0 Å². The standard InChI is InChI=1S/C16H14N2O3/c1-18(10-12-5-3-9-21-12)16(20)13-7-6-11-4-2-8-17-14(11)15(13)19/h2-9,19H,10H2,1H3. The second kappa shape index (κ2) is 5.28. The Morgan fingerprint density at radius 3 is 2.90 bits per heavy atom. The lowest BCUT2D eigenvalue weighted by molar-refractivity contribution is 0.0772. The molecule has 0 atom stereocenters. The average Bonchev–Trinajstić information content (AvgIpc) is 3.00. The molecule has 0 aliphatic heterocycles. The zero-order chi connectivity index (χ0) is 14.8. The molecule has 3 aromatic rings. The van der Waals surface area contributed by atoms with Crippen molar-refractivity contribution in [2.75, 3.05) is 7.05 Å². The summed E-state index contributed by atoms with van der Waals surface area (Å²) < 4.78 is 5.22. The lowest BCUT2D eigenvalue weighted by Gasteiger charge is -2.17. The van der Waals surface area contributed by atoms with E-state index in [1.54, 1.807) is 49.8 Å². The molecule has 3 rings (SSSR count). The van der Waals surface area contributed by atoms with Crippen LogP contribution >= 0.6 is 0 Å². The van der Waals surface area contributed by atoms with Crippen molar-refractivity contribution in [3.05, 3.63) is 60.2 Å². The van der Waals surface area contributed by atoms with Gasteiger partial charge in [-0.1, -0.05) is 12.1 Å². The first-order valence-corrected chi connectivity index (χ1v) is 6.51. The first-order chi connectivity index (χ1) is 10.2. The number of carbonyl (C=O) groups excluding carboxylic acids is 1. The number of pyridine rings is 1. The lowest BCUT2D eigenvalue weighted by Crippen LogP contribution is -2.26. The summed E-state index contributed by atoms with van der Waals surface area (Å²) in [6.07, 6.45) is 3.15. The zero-order valence-electron chi connectivity index (χ0n) is 11.5. The number of amides is 1. The molecule has 5 nitrogen and oxygen atoms in total. The molecule has 5 heteroatoms. The molecular formula is C16H14N2O3. The summed E-state index contributed by atoms with van der Waals surface area (Å²) in [5.74, 6) is 0.310. The molecule has 0 radical (unpaired) electrons. The van der Waals surface area contributed by atoms with Gasteiger partial charge in [-0.2, -0.15) is 0 Å². The predicted molar refractivity (Wildman–Crippen MR) is 77.9 cm³/mol. The Balaban J connectivity index is 1.92. The van der Waals surface area contributed by atoms with Crippen molar-refractivity contribution in [2.24, 2.45) is 0 Å². The van der Waals surface area contributed by atoms with Gasteiger partial charge >= 0.3 is 0 Å². The van der Waals surface area contributed by atoms with Crippen molar-refractivity contribution in [1.29, 1.82) is 0 Å². The van der Waals surface area contributed by atoms with E-state index in [0.717, 1.165) is 5.39 Å². The van der Waals surface area contributed by atoms with Gasteiger partial charge < -0.3 is 14.4 Å². The van der Waals surface area contributed by atoms with E-state index in [4.69, 9.17) is 4.42 Å². The topological polar surface area (TPSA) is 66.6 Å². The molecule has 106 valence electrons. The van der Waals surface area contributed by atoms with Crippen LogP contribution in [0.3, 0.4) is 0 Å². The Kier molecular flexibility index (Phi) is 3.31. The molecule has 0 aliphatic carbocycles. The van der Waals surface area contributed by atoms with Crippen LogP contribution in [0.5, 0.6) is 5.75 Å². The van der Waals surface area contributed by atoms with E-state index in [-0.39, 0.29) is 17.2 Å². The van der Waals surface area contributed by atoms with Gasteiger partial charge in [-0.25, -0.2) is 0 Å². The third-order valence-corrected chi connectivity index (χ3v) is 3.30. The first kappa shape index (κ1) is 13.2. The second-order valence-corrected chi connectivity index (χ2v) is 4.78. The van der Waals surface area contributed by atoms with E-state index in [9.17, 15) is 9.90 Å². The maximum absolute atomic E-state index is 12.4. The fraction of sp³-hybridized carbons (Fsp3) is 0.125. The van der Waals surface area contributed by atoms with Crippen LogP contribution in [0, 0.1) is 0 Å². The van der Waals surface area contributed by atoms with Gasteiger partial charge in [0.2, 0.25) is 0 Å². The Morgan fingerprint density at radius 1 is 1.29 bits per heavy atom. The highest BCUT2D eigenvalue weighted by Crippen LogP contribution is 2.27. The monoisotopic (exact) mass is 282 g/mol. The van der Waals surface area contributed by atoms with Crippen LogP contribution in [-0.2, 0) is 6.54 Å². The lowest BCUT2D eigenvalue weighted by atomic mass is 10.1. The molecule has 0 saturated heterocycles. The van der Waals surface area contributed by atoms with Gasteiger partial charge in [0.1, 0.15) is 11.3 Å². The number of nitrogens with zero attached hydrogens (tertiary/aromatic N) is 2. The number of hydrogen-bond acceptors (Lipinski definition) is 4. The Hall–Kier alpha value is -2.82. The summed E-state index contributed by atoms with van der Waals surface area (Å²) in [4.78, 5) is 18.0. The number of fused-ring (bicyclic) bond motifs is 1. The summed E-state index contributed by atoms with van der Waals surface area (Å²) in [5, 5.41) is 11.1. The van der Waals surface area contributed by atoms with Crippen LogP contribution in [0.1, 0.15) is 16.1 Å². The maximum Gasteiger partial charge on any atom is 0.257 e. The van der Waals surface area contributed by atoms with Gasteiger partial charge in [0.25, 0.3) is 5.91 Å². The smallest absolute Gasteiger partial charge is 0.257 e. The Bertz CT molecular complexity index is 781. The number of phenolic OH excluding ortho intramolecular Hbond substituents is 1. The van der Waals surface area contributed by atoms with E-state index in [0.29, 0.717) is 17.8 Å². The number of benzene rings is 1. The summed E-state index contributed by atoms with van der Waals surface area (Å²) in [6, 6.07) is 10.6. The minimum Gasteiger partial charge on any atom is -0.505 e. The van der Waals surface area contributed by atoms with Crippen molar-refractivity contribution in [3.63, 3.8) is 0 Å². The zero-order valence-corrected chi connectivity index (χ0v) is 11.5. The van der Waals surface area contributed by atoms with E-state index in [1.165, 1.54) is 4.90 Å². The van der Waals surface area contributed by atoms with Gasteiger partial charge in [-0.15, -0.1) is 0 Å². The third kappa shape index (κ3) is 2.45. The largest absolute Gasteiger partial charge is 0.505 e. The van der Waals surface area contributed by atoms with Crippen LogP contribution in [0.2, 0.25) is 0 Å². The molecule has 0 bridgehead atoms. The van der Waals surface area contributed by atoms with E-state index in [1.807, 2.05) is 6.07 Å². The quantitative estimate of drug-likeness (QED) is 0.802. The number of phenols is 1. The Morgan fingerprint density at radius 2 is 2.14 bits per heavy atom. The number of aromatic hydroxyl groups is 1. The maximum atomic E-state index is 12.4. The van der Waals surface area contributed by atoms with Crippen LogP contribution in [0.4, 0.5) is 0 Å². The number of aromatic nitrogens is 1. The molecule has 0 fully saturated rings. The highest BCUT2D eigenvalue weighted by Gasteiger charge is 2.18. The SMILES string of the molecule is CN(Cc1ccco1)C(=O)c1ccc2cccnc2c1O. The molecule has 1 aromatic carbocycles. The van der Waals surface area contributed by atoms with Gasteiger partial charge in [0, 0.05) is 18.6 Å². The number of rotatable bonds is 3. The number of furan rings is 1. The minimum absolute atomic E-state index is 0.0932. The van der Waals surface area contributed by atoms with E-state index in [2.05, 4.69) is 4.98 Å². The normalized spacial score (nSPS) is 10.7. The summed E-state index contributed by atoms with van der Waals surface area (Å²) in [7, 11) is 1.66. The fourth-order valence-corrected chi connectivity index (χ4v) is 2.22. The van der Waals surface area contributed by atoms with Crippen molar-refractivity contribution < 1.29 is 14.3 Å². The summed E-state index contributed by atoms with van der Waals surface area (Å²) in [6.45, 7) is 0.339. The van der Waals surface area contributed by atoms with Gasteiger partial charge in [-0.3, -0.25) is 9.78 Å². The molecule has 1 N–H and O–H groups in total. The van der Waals surface area contributed by atoms with Crippen molar-refractivity contribution in [3.8, 4) is 5.75 Å². The minimum atomic E-state index is -0.281. The fourth-order valence-electron chi connectivity index (χ4n) is 2.22. The molecule has 21 heavy (non-hydrogen) atoms. The summed E-state index contributed by atoms with van der Waals surface area (Å²) in [5.41, 5.74) is 0.657. The molecule has 0 saturated carbocycles. The second-order valence-electron chi connectivity index (χ2n) is 4.78. The highest BCUT2D eigenvalue weighted by atomic mass is 16.3.